The molecule has 1 aromatic carbocycles. The standard InChI is InChI=1S/C26H23N7O/c27-13-17-4-5-22-18(9-17)14-30-32(22)16-26-10-19(11-26)21(12-26)25(34)33-23(6-7-29-33)24-28-15-20-3-1-2-8-31(20)24/h1-5,7-9,14-15,19,21,23H,6,10-12,16H2/t19?,21-,23?,26?/m0/s1. The summed E-state index contributed by atoms with van der Waals surface area (Å²) in [7, 11) is 0. The maximum Gasteiger partial charge on any atom is 0.246 e. The lowest BCUT2D eigenvalue weighted by molar-refractivity contribution is -0.138. The van der Waals surface area contributed by atoms with Crippen LogP contribution in [0.2, 0.25) is 0 Å². The van der Waals surface area contributed by atoms with E-state index >= 15 is 0 Å². The molecule has 3 saturated carbocycles. The van der Waals surface area contributed by atoms with Crippen LogP contribution in [-0.2, 0) is 11.3 Å². The number of pyridine rings is 1. The molecule has 2 bridgehead atoms. The Morgan fingerprint density at radius 2 is 2.09 bits per heavy atom. The zero-order valence-electron chi connectivity index (χ0n) is 18.6. The fourth-order valence-corrected chi connectivity index (χ4v) is 6.44. The van der Waals surface area contributed by atoms with E-state index < -0.39 is 0 Å². The number of carbonyl (C=O) groups excluding carboxylic acids is 1. The highest BCUT2D eigenvalue weighted by Crippen LogP contribution is 2.63. The van der Waals surface area contributed by atoms with Crippen molar-refractivity contribution in [1.29, 1.82) is 5.26 Å². The molecule has 3 aromatic heterocycles. The summed E-state index contributed by atoms with van der Waals surface area (Å²) in [5.74, 6) is 1.39. The molecule has 0 N–H and O–H groups in total. The van der Waals surface area contributed by atoms with Gasteiger partial charge in [-0.3, -0.25) is 9.48 Å². The lowest BCUT2D eigenvalue weighted by atomic mass is 9.69. The van der Waals surface area contributed by atoms with Gasteiger partial charge in [0.1, 0.15) is 11.9 Å². The Morgan fingerprint density at radius 3 is 2.97 bits per heavy atom. The predicted octanol–water partition coefficient (Wildman–Crippen LogP) is 3.93. The van der Waals surface area contributed by atoms with Crippen LogP contribution in [0.4, 0.5) is 0 Å². The summed E-state index contributed by atoms with van der Waals surface area (Å²) in [6.07, 6.45) is 11.2. The second-order valence-corrected chi connectivity index (χ2v) is 10.0. The number of benzene rings is 1. The van der Waals surface area contributed by atoms with Gasteiger partial charge in [-0.1, -0.05) is 6.07 Å². The van der Waals surface area contributed by atoms with Crippen molar-refractivity contribution in [1.82, 2.24) is 24.2 Å². The van der Waals surface area contributed by atoms with Crippen molar-refractivity contribution in [3.8, 4) is 6.07 Å². The Hall–Kier alpha value is -3.99. The number of hydrazone groups is 1. The van der Waals surface area contributed by atoms with Crippen molar-refractivity contribution in [2.45, 2.75) is 38.3 Å². The monoisotopic (exact) mass is 449 g/mol. The van der Waals surface area contributed by atoms with Crippen LogP contribution >= 0.6 is 0 Å². The van der Waals surface area contributed by atoms with Crippen LogP contribution in [0.3, 0.4) is 0 Å². The lowest BCUT2D eigenvalue weighted by Gasteiger charge is -2.38. The van der Waals surface area contributed by atoms with Gasteiger partial charge in [0.05, 0.1) is 35.1 Å². The van der Waals surface area contributed by atoms with Crippen LogP contribution in [0.5, 0.6) is 0 Å². The minimum Gasteiger partial charge on any atom is -0.302 e. The van der Waals surface area contributed by atoms with Gasteiger partial charge in [0.25, 0.3) is 0 Å². The molecule has 4 aromatic rings. The van der Waals surface area contributed by atoms with Crippen molar-refractivity contribution in [2.75, 3.05) is 0 Å². The molecule has 1 aliphatic heterocycles. The lowest BCUT2D eigenvalue weighted by Crippen LogP contribution is -2.36. The Labute approximate surface area is 196 Å². The van der Waals surface area contributed by atoms with E-state index in [1.165, 1.54) is 0 Å². The molecule has 0 saturated heterocycles. The normalized spacial score (nSPS) is 27.4. The van der Waals surface area contributed by atoms with Gasteiger partial charge < -0.3 is 4.40 Å². The maximum atomic E-state index is 13.7. The molecule has 34 heavy (non-hydrogen) atoms. The third-order valence-corrected chi connectivity index (χ3v) is 8.01. The summed E-state index contributed by atoms with van der Waals surface area (Å²) in [5, 5.41) is 20.9. The first-order valence-electron chi connectivity index (χ1n) is 11.8. The summed E-state index contributed by atoms with van der Waals surface area (Å²) in [5.41, 5.74) is 2.82. The number of hydrogen-bond donors (Lipinski definition) is 0. The molecule has 2 atom stereocenters. The van der Waals surface area contributed by atoms with Gasteiger partial charge >= 0.3 is 0 Å². The predicted molar refractivity (Wildman–Crippen MR) is 126 cm³/mol. The van der Waals surface area contributed by atoms with Gasteiger partial charge in [-0.15, -0.1) is 0 Å². The molecule has 8 nitrogen and oxygen atoms in total. The maximum absolute atomic E-state index is 13.7. The molecule has 4 heterocycles. The van der Waals surface area contributed by atoms with E-state index in [4.69, 9.17) is 5.26 Å². The Bertz CT molecular complexity index is 1520. The van der Waals surface area contributed by atoms with Gasteiger partial charge in [0.2, 0.25) is 5.91 Å². The fourth-order valence-electron chi connectivity index (χ4n) is 6.44. The molecule has 4 aliphatic rings. The van der Waals surface area contributed by atoms with E-state index in [0.717, 1.165) is 48.1 Å². The summed E-state index contributed by atoms with van der Waals surface area (Å²) >= 11 is 0. The summed E-state index contributed by atoms with van der Waals surface area (Å²) in [4.78, 5) is 18.3. The van der Waals surface area contributed by atoms with Crippen molar-refractivity contribution in [3.05, 3.63) is 66.4 Å². The van der Waals surface area contributed by atoms with Crippen LogP contribution in [0, 0.1) is 28.6 Å². The fraction of sp³-hybridized carbons (Fsp3) is 0.346. The van der Waals surface area contributed by atoms with E-state index in [2.05, 4.69) is 25.7 Å². The van der Waals surface area contributed by atoms with E-state index in [9.17, 15) is 4.79 Å². The first-order valence-corrected chi connectivity index (χ1v) is 11.8. The van der Waals surface area contributed by atoms with Gasteiger partial charge in [-0.2, -0.15) is 15.5 Å². The minimum absolute atomic E-state index is 0.00371. The van der Waals surface area contributed by atoms with Crippen LogP contribution in [0.15, 0.2) is 60.1 Å². The highest BCUT2D eigenvalue weighted by Gasteiger charge is 2.59. The summed E-state index contributed by atoms with van der Waals surface area (Å²) in [6, 6.07) is 13.7. The molecule has 168 valence electrons. The van der Waals surface area contributed by atoms with Crippen molar-refractivity contribution >= 4 is 28.5 Å². The smallest absolute Gasteiger partial charge is 0.246 e. The average molecular weight is 450 g/mol. The first kappa shape index (κ1) is 19.5. The van der Waals surface area contributed by atoms with Crippen molar-refractivity contribution in [3.63, 3.8) is 0 Å². The number of aromatic nitrogens is 4. The van der Waals surface area contributed by atoms with Crippen LogP contribution < -0.4 is 0 Å². The molecule has 8 heteroatoms. The molecule has 3 fully saturated rings. The van der Waals surface area contributed by atoms with Crippen LogP contribution in [0.25, 0.3) is 16.4 Å². The minimum atomic E-state index is -0.157. The van der Waals surface area contributed by atoms with Gasteiger partial charge in [-0.25, -0.2) is 9.99 Å². The topological polar surface area (TPSA) is 91.6 Å². The Morgan fingerprint density at radius 1 is 1.18 bits per heavy atom. The second-order valence-electron chi connectivity index (χ2n) is 10.0. The number of amides is 1. The zero-order valence-corrected chi connectivity index (χ0v) is 18.6. The van der Waals surface area contributed by atoms with Crippen molar-refractivity contribution in [2.24, 2.45) is 22.4 Å². The Kier molecular flexibility index (Phi) is 4.01. The second kappa shape index (κ2) is 7.00. The molecule has 0 spiro atoms. The number of carbonyl (C=O) groups is 1. The average Bonchev–Trinajstić information content (AvgIpc) is 3.65. The van der Waals surface area contributed by atoms with Gasteiger partial charge in [0.15, 0.2) is 0 Å². The Balaban J connectivity index is 1.11. The van der Waals surface area contributed by atoms with Crippen LogP contribution in [0.1, 0.15) is 43.1 Å². The van der Waals surface area contributed by atoms with E-state index in [1.807, 2.05) is 65.9 Å². The van der Waals surface area contributed by atoms with E-state index in [-0.39, 0.29) is 23.3 Å². The number of hydrogen-bond acceptors (Lipinski definition) is 5. The largest absolute Gasteiger partial charge is 0.302 e. The molecular formula is C26H23N7O. The van der Waals surface area contributed by atoms with Gasteiger partial charge in [0, 0.05) is 36.7 Å². The molecule has 1 unspecified atom stereocenters. The third-order valence-electron chi connectivity index (χ3n) is 8.01. The van der Waals surface area contributed by atoms with E-state index in [1.54, 1.807) is 5.01 Å². The third kappa shape index (κ3) is 2.76. The zero-order chi connectivity index (χ0) is 22.9. The van der Waals surface area contributed by atoms with Gasteiger partial charge in [-0.05, 0) is 60.9 Å². The molecule has 0 radical (unpaired) electrons. The molecule has 1 amide bonds. The SMILES string of the molecule is N#Cc1ccc2c(cnn2CC23CC(C2)[C@@H](C(=O)N2N=CCC2c2ncc4ccccn24)C3)c1. The summed E-state index contributed by atoms with van der Waals surface area (Å²) < 4.78 is 4.10. The molecule has 3 aliphatic carbocycles. The quantitative estimate of drug-likeness (QED) is 0.472. The number of fused-ring (bicyclic) bond motifs is 3. The van der Waals surface area contributed by atoms with E-state index in [0.29, 0.717) is 17.9 Å². The molecular weight excluding hydrogens is 426 g/mol. The number of nitriles is 1. The highest BCUT2D eigenvalue weighted by molar-refractivity contribution is 5.83. The summed E-state index contributed by atoms with van der Waals surface area (Å²) in [6.45, 7) is 0.806. The highest BCUT2D eigenvalue weighted by atomic mass is 16.2. The molecule has 8 rings (SSSR count). The number of nitrogens with zero attached hydrogens (tertiary/aromatic N) is 7. The number of imidazole rings is 1. The number of rotatable bonds is 4. The van der Waals surface area contributed by atoms with Crippen molar-refractivity contribution < 1.29 is 4.79 Å². The first-order chi connectivity index (χ1) is 16.6. The van der Waals surface area contributed by atoms with Crippen LogP contribution in [-0.4, -0.2) is 36.3 Å².